The highest BCUT2D eigenvalue weighted by molar-refractivity contribution is 6.74. The van der Waals surface area contributed by atoms with E-state index < -0.39 is 8.32 Å². The Morgan fingerprint density at radius 3 is 2.30 bits per heavy atom. The number of unbranched alkanes of at least 4 members (excludes halogenated alkanes) is 1. The van der Waals surface area contributed by atoms with Gasteiger partial charge in [-0.25, -0.2) is 0 Å². The van der Waals surface area contributed by atoms with Gasteiger partial charge in [-0.2, -0.15) is 0 Å². The zero-order valence-electron chi connectivity index (χ0n) is 13.8. The standard InChI is InChI=1S/C15H30O4Si/c1-13(17)18-11-14(9-7-8-10-16)12-19-20(5,6)15(2,3)4/h10,14H,7-9,11-12H2,1-6H3. The van der Waals surface area contributed by atoms with Crippen molar-refractivity contribution >= 4 is 20.6 Å². The molecule has 1 unspecified atom stereocenters. The second-order valence-corrected chi connectivity index (χ2v) is 11.6. The largest absolute Gasteiger partial charge is 0.465 e. The van der Waals surface area contributed by atoms with E-state index in [0.29, 0.717) is 19.6 Å². The second-order valence-electron chi connectivity index (χ2n) is 6.84. The average molecular weight is 302 g/mol. The van der Waals surface area contributed by atoms with E-state index in [-0.39, 0.29) is 16.9 Å². The van der Waals surface area contributed by atoms with Gasteiger partial charge in [0.1, 0.15) is 6.29 Å². The lowest BCUT2D eigenvalue weighted by atomic mass is 10.0. The van der Waals surface area contributed by atoms with Crippen LogP contribution >= 0.6 is 0 Å². The summed E-state index contributed by atoms with van der Waals surface area (Å²) in [5, 5.41) is 0.168. The molecule has 118 valence electrons. The van der Waals surface area contributed by atoms with Crippen LogP contribution in [0.1, 0.15) is 47.0 Å². The Bertz CT molecular complexity index is 307. The second kappa shape index (κ2) is 8.57. The summed E-state index contributed by atoms with van der Waals surface area (Å²) in [6.07, 6.45) is 3.14. The minimum atomic E-state index is -1.78. The van der Waals surface area contributed by atoms with Gasteiger partial charge < -0.3 is 14.0 Å². The summed E-state index contributed by atoms with van der Waals surface area (Å²) in [5.74, 6) is -0.0920. The smallest absolute Gasteiger partial charge is 0.302 e. The van der Waals surface area contributed by atoms with E-state index in [1.54, 1.807) is 0 Å². The number of rotatable bonds is 9. The van der Waals surface area contributed by atoms with Crippen molar-refractivity contribution in [2.24, 2.45) is 5.92 Å². The normalized spacial score (nSPS) is 13.9. The van der Waals surface area contributed by atoms with Gasteiger partial charge in [0.05, 0.1) is 6.61 Å². The number of ether oxygens (including phenoxy) is 1. The molecule has 0 saturated heterocycles. The first kappa shape index (κ1) is 19.3. The van der Waals surface area contributed by atoms with Gasteiger partial charge in [0.25, 0.3) is 0 Å². The van der Waals surface area contributed by atoms with Crippen LogP contribution < -0.4 is 0 Å². The van der Waals surface area contributed by atoms with Crippen LogP contribution in [-0.2, 0) is 18.8 Å². The predicted octanol–water partition coefficient (Wildman–Crippen LogP) is 3.56. The van der Waals surface area contributed by atoms with Crippen molar-refractivity contribution in [3.8, 4) is 0 Å². The molecule has 4 nitrogen and oxygen atoms in total. The summed E-state index contributed by atoms with van der Waals surface area (Å²) in [4.78, 5) is 21.3. The minimum Gasteiger partial charge on any atom is -0.465 e. The van der Waals surface area contributed by atoms with Crippen molar-refractivity contribution in [1.82, 2.24) is 0 Å². The number of hydrogen-bond acceptors (Lipinski definition) is 4. The molecule has 20 heavy (non-hydrogen) atoms. The summed E-state index contributed by atoms with van der Waals surface area (Å²) >= 11 is 0. The molecule has 0 aromatic carbocycles. The van der Waals surface area contributed by atoms with E-state index in [1.807, 2.05) is 0 Å². The third kappa shape index (κ3) is 7.80. The zero-order valence-corrected chi connectivity index (χ0v) is 14.8. The van der Waals surface area contributed by atoms with Crippen LogP contribution in [0.5, 0.6) is 0 Å². The van der Waals surface area contributed by atoms with E-state index >= 15 is 0 Å². The molecular weight excluding hydrogens is 272 g/mol. The summed E-state index contributed by atoms with van der Waals surface area (Å²) in [6.45, 7) is 13.4. The molecule has 0 N–H and O–H groups in total. The molecule has 0 fully saturated rings. The van der Waals surface area contributed by atoms with Crippen LogP contribution in [0.2, 0.25) is 18.1 Å². The topological polar surface area (TPSA) is 52.6 Å². The molecule has 0 bridgehead atoms. The van der Waals surface area contributed by atoms with Crippen molar-refractivity contribution in [2.45, 2.75) is 65.1 Å². The first-order valence-corrected chi connectivity index (χ1v) is 10.2. The fourth-order valence-electron chi connectivity index (χ4n) is 1.48. The fraction of sp³-hybridized carbons (Fsp3) is 0.867. The van der Waals surface area contributed by atoms with Crippen molar-refractivity contribution < 1.29 is 18.8 Å². The highest BCUT2D eigenvalue weighted by Gasteiger charge is 2.37. The number of aldehydes is 1. The molecule has 0 aliphatic rings. The zero-order chi connectivity index (χ0) is 15.8. The Hall–Kier alpha value is -0.683. The maximum absolute atomic E-state index is 10.9. The summed E-state index contributed by atoms with van der Waals surface area (Å²) in [7, 11) is -1.78. The average Bonchev–Trinajstić information content (AvgIpc) is 2.30. The number of carbonyl (C=O) groups is 2. The Morgan fingerprint density at radius 2 is 1.85 bits per heavy atom. The van der Waals surface area contributed by atoms with Crippen LogP contribution in [-0.4, -0.2) is 33.8 Å². The molecular formula is C15H30O4Si. The van der Waals surface area contributed by atoms with Crippen molar-refractivity contribution in [1.29, 1.82) is 0 Å². The SMILES string of the molecule is CC(=O)OCC(CCCC=O)CO[Si](C)(C)C(C)(C)C. The Kier molecular flexibility index (Phi) is 8.28. The molecule has 0 saturated carbocycles. The van der Waals surface area contributed by atoms with Gasteiger partial charge in [0.2, 0.25) is 0 Å². The van der Waals surface area contributed by atoms with Crippen LogP contribution in [0, 0.1) is 5.92 Å². The summed E-state index contributed by atoms with van der Waals surface area (Å²) in [6, 6.07) is 0. The fourth-order valence-corrected chi connectivity index (χ4v) is 2.57. The molecule has 0 amide bonds. The lowest BCUT2D eigenvalue weighted by Crippen LogP contribution is -2.42. The summed E-state index contributed by atoms with van der Waals surface area (Å²) < 4.78 is 11.3. The summed E-state index contributed by atoms with van der Waals surface area (Å²) in [5.41, 5.74) is 0. The van der Waals surface area contributed by atoms with E-state index in [0.717, 1.165) is 19.1 Å². The predicted molar refractivity (Wildman–Crippen MR) is 83.2 cm³/mol. The Labute approximate surface area is 124 Å². The number of hydrogen-bond donors (Lipinski definition) is 0. The first-order valence-electron chi connectivity index (χ1n) is 7.31. The van der Waals surface area contributed by atoms with Crippen LogP contribution in [0.25, 0.3) is 0 Å². The van der Waals surface area contributed by atoms with Crippen LogP contribution in [0.3, 0.4) is 0 Å². The molecule has 1 atom stereocenters. The third-order valence-corrected chi connectivity index (χ3v) is 8.44. The van der Waals surface area contributed by atoms with Gasteiger partial charge in [-0.3, -0.25) is 4.79 Å². The van der Waals surface area contributed by atoms with Crippen molar-refractivity contribution in [3.05, 3.63) is 0 Å². The van der Waals surface area contributed by atoms with Gasteiger partial charge in [-0.15, -0.1) is 0 Å². The van der Waals surface area contributed by atoms with E-state index in [1.165, 1.54) is 6.92 Å². The van der Waals surface area contributed by atoms with E-state index in [4.69, 9.17) is 9.16 Å². The van der Waals surface area contributed by atoms with Crippen molar-refractivity contribution in [2.75, 3.05) is 13.2 Å². The Morgan fingerprint density at radius 1 is 1.25 bits per heavy atom. The van der Waals surface area contributed by atoms with Crippen molar-refractivity contribution in [3.63, 3.8) is 0 Å². The van der Waals surface area contributed by atoms with Crippen LogP contribution in [0.4, 0.5) is 0 Å². The molecule has 0 aliphatic heterocycles. The highest BCUT2D eigenvalue weighted by atomic mass is 28.4. The van der Waals surface area contributed by atoms with Gasteiger partial charge in [-0.05, 0) is 31.0 Å². The molecule has 0 aliphatic carbocycles. The van der Waals surface area contributed by atoms with Gasteiger partial charge in [0, 0.05) is 25.9 Å². The lowest BCUT2D eigenvalue weighted by Gasteiger charge is -2.37. The van der Waals surface area contributed by atoms with E-state index in [2.05, 4.69) is 33.9 Å². The minimum absolute atomic E-state index is 0.168. The molecule has 0 aromatic heterocycles. The lowest BCUT2D eigenvalue weighted by molar-refractivity contribution is -0.142. The van der Waals surface area contributed by atoms with Crippen LogP contribution in [0.15, 0.2) is 0 Å². The molecule has 0 aromatic rings. The molecule has 5 heteroatoms. The number of esters is 1. The first-order chi connectivity index (χ1) is 9.10. The quantitative estimate of drug-likeness (QED) is 0.283. The maximum atomic E-state index is 10.9. The highest BCUT2D eigenvalue weighted by Crippen LogP contribution is 2.36. The van der Waals surface area contributed by atoms with Gasteiger partial charge in [0.15, 0.2) is 8.32 Å². The van der Waals surface area contributed by atoms with E-state index in [9.17, 15) is 9.59 Å². The maximum Gasteiger partial charge on any atom is 0.302 e. The monoisotopic (exact) mass is 302 g/mol. The molecule has 0 heterocycles. The van der Waals surface area contributed by atoms with Gasteiger partial charge >= 0.3 is 5.97 Å². The molecule has 0 rings (SSSR count). The Balaban J connectivity index is 4.39. The molecule has 0 spiro atoms. The van der Waals surface area contributed by atoms with Gasteiger partial charge in [-0.1, -0.05) is 20.8 Å². The number of carbonyl (C=O) groups excluding carboxylic acids is 2. The third-order valence-electron chi connectivity index (χ3n) is 3.94. The molecule has 0 radical (unpaired) electrons.